The van der Waals surface area contributed by atoms with E-state index in [0.29, 0.717) is 6.54 Å². The highest BCUT2D eigenvalue weighted by atomic mass is 16.5. The van der Waals surface area contributed by atoms with E-state index in [1.165, 1.54) is 4.90 Å². The maximum absolute atomic E-state index is 13.1. The molecule has 0 spiro atoms. The number of aryl methyl sites for hydroxylation is 1. The molecule has 2 aromatic heterocycles. The third-order valence-electron chi connectivity index (χ3n) is 5.39. The number of hydrogen-bond donors (Lipinski definition) is 2. The molecule has 1 aliphatic heterocycles. The molecule has 1 aromatic carbocycles. The van der Waals surface area contributed by atoms with Gasteiger partial charge in [-0.15, -0.1) is 0 Å². The number of ether oxygens (including phenoxy) is 1. The number of pyridine rings is 1. The summed E-state index contributed by atoms with van der Waals surface area (Å²) < 4.78 is 5.33. The van der Waals surface area contributed by atoms with Gasteiger partial charge in [-0.25, -0.2) is 4.98 Å². The van der Waals surface area contributed by atoms with Crippen molar-refractivity contribution in [2.24, 2.45) is 0 Å². The lowest BCUT2D eigenvalue weighted by molar-refractivity contribution is -0.892. The Morgan fingerprint density at radius 3 is 2.78 bits per heavy atom. The molecular formula is C21H26N4O2+2. The molecule has 3 heterocycles. The van der Waals surface area contributed by atoms with Gasteiger partial charge in [0, 0.05) is 22.7 Å². The lowest BCUT2D eigenvalue weighted by atomic mass is 10.1. The second-order valence-corrected chi connectivity index (χ2v) is 7.12. The van der Waals surface area contributed by atoms with E-state index < -0.39 is 0 Å². The summed E-state index contributed by atoms with van der Waals surface area (Å²) >= 11 is 0. The molecule has 3 N–H and O–H groups in total. The molecule has 3 aromatic rings. The summed E-state index contributed by atoms with van der Waals surface area (Å²) in [4.78, 5) is 23.4. The van der Waals surface area contributed by atoms with Crippen molar-refractivity contribution in [2.45, 2.75) is 6.92 Å². The first-order valence-electron chi connectivity index (χ1n) is 9.40. The maximum atomic E-state index is 13.1. The Morgan fingerprint density at radius 2 is 2.07 bits per heavy atom. The third-order valence-corrected chi connectivity index (χ3v) is 5.39. The van der Waals surface area contributed by atoms with Gasteiger partial charge in [0.25, 0.3) is 5.82 Å². The van der Waals surface area contributed by atoms with Gasteiger partial charge in [-0.3, -0.25) is 9.69 Å². The number of carbonyl (C=O) groups is 1. The second kappa shape index (κ2) is 7.40. The van der Waals surface area contributed by atoms with Gasteiger partial charge in [0.15, 0.2) is 0 Å². The first-order valence-corrected chi connectivity index (χ1v) is 9.40. The Morgan fingerprint density at radius 1 is 1.26 bits per heavy atom. The summed E-state index contributed by atoms with van der Waals surface area (Å²) in [5.41, 5.74) is 2.71. The van der Waals surface area contributed by atoms with Crippen LogP contribution in [-0.2, 0) is 0 Å². The number of nitrogens with zero attached hydrogens (tertiary/aromatic N) is 1. The van der Waals surface area contributed by atoms with Crippen LogP contribution >= 0.6 is 0 Å². The van der Waals surface area contributed by atoms with E-state index in [4.69, 9.17) is 4.74 Å². The number of benzene rings is 1. The van der Waals surface area contributed by atoms with Gasteiger partial charge in [0.05, 0.1) is 18.9 Å². The first kappa shape index (κ1) is 17.5. The molecule has 1 fully saturated rings. The van der Waals surface area contributed by atoms with Crippen LogP contribution in [0, 0.1) is 6.92 Å². The quantitative estimate of drug-likeness (QED) is 0.659. The third kappa shape index (κ3) is 3.53. The number of methoxy groups -OCH3 is 1. The Balaban J connectivity index is 1.46. The average molecular weight is 366 g/mol. The molecule has 0 radical (unpaired) electrons. The molecule has 1 saturated heterocycles. The van der Waals surface area contributed by atoms with Crippen LogP contribution in [0.25, 0.3) is 10.9 Å². The lowest BCUT2D eigenvalue weighted by Gasteiger charge is -2.27. The zero-order valence-corrected chi connectivity index (χ0v) is 15.8. The minimum absolute atomic E-state index is 0.196. The Bertz CT molecular complexity index is 943. The van der Waals surface area contributed by atoms with Gasteiger partial charge in [-0.05, 0) is 31.2 Å². The Labute approximate surface area is 158 Å². The van der Waals surface area contributed by atoms with Crippen LogP contribution in [0.4, 0.5) is 5.82 Å². The highest BCUT2D eigenvalue weighted by Crippen LogP contribution is 2.26. The van der Waals surface area contributed by atoms with Crippen LogP contribution in [0.15, 0.2) is 42.6 Å². The number of nitrogens with one attached hydrogen (secondary N) is 3. The minimum atomic E-state index is 0.196. The molecule has 6 heteroatoms. The fourth-order valence-electron chi connectivity index (χ4n) is 3.93. The molecule has 0 unspecified atom stereocenters. The van der Waals surface area contributed by atoms with Crippen LogP contribution in [0.3, 0.4) is 0 Å². The SMILES string of the molecule is COc1ccc2[nH]c(C)c(C(=O)C[NH+]3CCN(c4cccc[nH+]4)CC3)c2c1. The van der Waals surface area contributed by atoms with Crippen LogP contribution in [0.1, 0.15) is 16.1 Å². The van der Waals surface area contributed by atoms with E-state index in [1.54, 1.807) is 7.11 Å². The van der Waals surface area contributed by atoms with E-state index in [0.717, 1.165) is 59.9 Å². The molecule has 140 valence electrons. The normalized spacial score (nSPS) is 15.3. The standard InChI is InChI=1S/C21H24N4O2/c1-15-21(17-13-16(27-2)6-7-18(17)23-15)19(26)14-24-9-11-25(12-10-24)20-5-3-4-8-22-20/h3-8,13,23H,9-12,14H2,1-2H3/p+2. The number of Topliss-reactive ketones (excluding diaryl/α,β-unsaturated/α-hetero) is 1. The van der Waals surface area contributed by atoms with Gasteiger partial charge < -0.3 is 14.6 Å². The molecule has 0 saturated carbocycles. The number of H-pyrrole nitrogens is 2. The van der Waals surface area contributed by atoms with Crippen LogP contribution in [0.2, 0.25) is 0 Å². The van der Waals surface area contributed by atoms with Crippen molar-refractivity contribution in [2.75, 3.05) is 44.7 Å². The van der Waals surface area contributed by atoms with E-state index in [-0.39, 0.29) is 5.78 Å². The number of hydrogen-bond acceptors (Lipinski definition) is 3. The van der Waals surface area contributed by atoms with Crippen molar-refractivity contribution < 1.29 is 19.4 Å². The molecule has 6 nitrogen and oxygen atoms in total. The van der Waals surface area contributed by atoms with Crippen LogP contribution in [0.5, 0.6) is 5.75 Å². The molecular weight excluding hydrogens is 340 g/mol. The summed E-state index contributed by atoms with van der Waals surface area (Å²) in [7, 11) is 1.65. The first-order chi connectivity index (χ1) is 13.2. The number of quaternary nitrogens is 1. The summed E-state index contributed by atoms with van der Waals surface area (Å²) in [6.45, 7) is 6.31. The number of piperazine rings is 1. The number of fused-ring (bicyclic) bond motifs is 1. The van der Waals surface area contributed by atoms with Crippen molar-refractivity contribution in [1.82, 2.24) is 4.98 Å². The van der Waals surface area contributed by atoms with Crippen LogP contribution in [-0.4, -0.2) is 50.6 Å². The van der Waals surface area contributed by atoms with Crippen molar-refractivity contribution in [3.63, 3.8) is 0 Å². The summed E-state index contributed by atoms with van der Waals surface area (Å²) in [5, 5.41) is 0.953. The number of aromatic nitrogens is 2. The fraction of sp³-hybridized carbons (Fsp3) is 0.333. The number of anilines is 1. The summed E-state index contributed by atoms with van der Waals surface area (Å²) in [6, 6.07) is 12.0. The zero-order valence-electron chi connectivity index (χ0n) is 15.8. The predicted octanol–water partition coefficient (Wildman–Crippen LogP) is 0.887. The highest BCUT2D eigenvalue weighted by Gasteiger charge is 2.28. The fourth-order valence-corrected chi connectivity index (χ4v) is 3.93. The molecule has 0 amide bonds. The molecule has 0 atom stereocenters. The average Bonchev–Trinajstić information content (AvgIpc) is 3.04. The van der Waals surface area contributed by atoms with Crippen molar-refractivity contribution >= 4 is 22.5 Å². The largest absolute Gasteiger partial charge is 0.497 e. The second-order valence-electron chi connectivity index (χ2n) is 7.12. The van der Waals surface area contributed by atoms with Gasteiger partial charge >= 0.3 is 0 Å². The van der Waals surface area contributed by atoms with Crippen molar-refractivity contribution in [3.8, 4) is 5.75 Å². The molecule has 0 aliphatic carbocycles. The van der Waals surface area contributed by atoms with Crippen molar-refractivity contribution in [1.29, 1.82) is 0 Å². The van der Waals surface area contributed by atoms with E-state index in [1.807, 2.05) is 43.5 Å². The Hall–Kier alpha value is -2.86. The van der Waals surface area contributed by atoms with Crippen molar-refractivity contribution in [3.05, 3.63) is 53.9 Å². The highest BCUT2D eigenvalue weighted by molar-refractivity contribution is 6.10. The summed E-state index contributed by atoms with van der Waals surface area (Å²) in [6.07, 6.45) is 1.95. The molecule has 27 heavy (non-hydrogen) atoms. The van der Waals surface area contributed by atoms with Crippen LogP contribution < -0.4 is 19.5 Å². The minimum Gasteiger partial charge on any atom is -0.497 e. The number of rotatable bonds is 5. The summed E-state index contributed by atoms with van der Waals surface area (Å²) in [5.74, 6) is 2.11. The molecule has 4 rings (SSSR count). The van der Waals surface area contributed by atoms with E-state index >= 15 is 0 Å². The predicted molar refractivity (Wildman–Crippen MR) is 105 cm³/mol. The Kier molecular flexibility index (Phi) is 4.81. The zero-order chi connectivity index (χ0) is 18.8. The topological polar surface area (TPSA) is 63.9 Å². The number of aromatic amines is 2. The van der Waals surface area contributed by atoms with Gasteiger partial charge in [0.2, 0.25) is 5.78 Å². The lowest BCUT2D eigenvalue weighted by Crippen LogP contribution is -3.15. The smallest absolute Gasteiger partial charge is 0.274 e. The monoisotopic (exact) mass is 366 g/mol. The van der Waals surface area contributed by atoms with Gasteiger partial charge in [-0.1, -0.05) is 6.07 Å². The number of ketones is 1. The van der Waals surface area contributed by atoms with E-state index in [2.05, 4.69) is 20.9 Å². The van der Waals surface area contributed by atoms with E-state index in [9.17, 15) is 4.79 Å². The number of carbonyl (C=O) groups excluding carboxylic acids is 1. The van der Waals surface area contributed by atoms with Gasteiger partial charge in [0.1, 0.15) is 38.5 Å². The molecule has 1 aliphatic rings. The molecule has 0 bridgehead atoms. The maximum Gasteiger partial charge on any atom is 0.274 e. The van der Waals surface area contributed by atoms with Gasteiger partial charge in [-0.2, -0.15) is 0 Å².